The molecule has 2 aromatic carbocycles. The van der Waals surface area contributed by atoms with Gasteiger partial charge in [-0.1, -0.05) is 26.8 Å². The van der Waals surface area contributed by atoms with Gasteiger partial charge in [-0.3, -0.25) is 9.59 Å². The second-order valence-corrected chi connectivity index (χ2v) is 7.70. The number of Topliss-reactive ketones (excluding diaryl/α,β-unsaturated/α-hetero) is 2. The van der Waals surface area contributed by atoms with E-state index in [1.165, 1.54) is 24.3 Å². The van der Waals surface area contributed by atoms with Crippen molar-refractivity contribution in [1.82, 2.24) is 0 Å². The minimum atomic E-state index is -0.458. The molecule has 33 heavy (non-hydrogen) atoms. The van der Waals surface area contributed by atoms with E-state index < -0.39 is 17.3 Å². The van der Waals surface area contributed by atoms with E-state index in [-0.39, 0.29) is 35.6 Å². The van der Waals surface area contributed by atoms with Crippen molar-refractivity contribution in [2.24, 2.45) is 0 Å². The minimum absolute atomic E-state index is 0.0307. The molecule has 0 aliphatic heterocycles. The summed E-state index contributed by atoms with van der Waals surface area (Å²) in [6.45, 7) is 6.99. The van der Waals surface area contributed by atoms with Gasteiger partial charge in [0.2, 0.25) is 0 Å². The fourth-order valence-electron chi connectivity index (χ4n) is 3.49. The minimum Gasteiger partial charge on any atom is -0.512 e. The molecule has 176 valence electrons. The van der Waals surface area contributed by atoms with Gasteiger partial charge in [0, 0.05) is 24.8 Å². The largest absolute Gasteiger partial charge is 0.512 e. The molecule has 0 radical (unpaired) electrons. The van der Waals surface area contributed by atoms with Gasteiger partial charge in [0.25, 0.3) is 0 Å². The molecule has 0 aromatic heterocycles. The monoisotopic (exact) mass is 454 g/mol. The highest BCUT2D eigenvalue weighted by atomic mass is 19.1. The van der Waals surface area contributed by atoms with Crippen LogP contribution in [0.3, 0.4) is 0 Å². The number of halogens is 1. The van der Waals surface area contributed by atoms with Crippen LogP contribution in [0.25, 0.3) is 0 Å². The molecule has 0 unspecified atom stereocenters. The van der Waals surface area contributed by atoms with Crippen LogP contribution < -0.4 is 4.74 Å². The maximum absolute atomic E-state index is 13.1. The normalized spacial score (nSPS) is 12.6. The topological polar surface area (TPSA) is 83.8 Å². The number of aliphatic hydroxyl groups is 2. The number of carbonyl (C=O) groups is 2. The summed E-state index contributed by atoms with van der Waals surface area (Å²) in [7, 11) is 0. The summed E-state index contributed by atoms with van der Waals surface area (Å²) in [6, 6.07) is 11.1. The predicted molar refractivity (Wildman–Crippen MR) is 126 cm³/mol. The number of rotatable bonds is 11. The molecule has 0 spiro atoms. The third kappa shape index (κ3) is 6.78. The summed E-state index contributed by atoms with van der Waals surface area (Å²) in [5.41, 5.74) is 1.78. The van der Waals surface area contributed by atoms with E-state index in [0.29, 0.717) is 30.8 Å². The molecule has 0 fully saturated rings. The molecule has 0 atom stereocenters. The Morgan fingerprint density at radius 1 is 0.879 bits per heavy atom. The van der Waals surface area contributed by atoms with Gasteiger partial charge in [0.15, 0.2) is 11.6 Å². The molecule has 0 amide bonds. The van der Waals surface area contributed by atoms with E-state index in [9.17, 15) is 24.2 Å². The molecule has 0 saturated heterocycles. The van der Waals surface area contributed by atoms with Crippen molar-refractivity contribution >= 4 is 11.6 Å². The second kappa shape index (κ2) is 12.0. The van der Waals surface area contributed by atoms with Crippen LogP contribution in [0, 0.1) is 12.7 Å². The summed E-state index contributed by atoms with van der Waals surface area (Å²) >= 11 is 0. The van der Waals surface area contributed by atoms with Gasteiger partial charge in [-0.2, -0.15) is 0 Å². The van der Waals surface area contributed by atoms with Crippen molar-refractivity contribution in [2.45, 2.75) is 59.8 Å². The van der Waals surface area contributed by atoms with Crippen molar-refractivity contribution < 1.29 is 28.9 Å². The zero-order chi connectivity index (χ0) is 24.5. The second-order valence-electron chi connectivity index (χ2n) is 7.70. The molecule has 0 saturated carbocycles. The van der Waals surface area contributed by atoms with Crippen LogP contribution >= 0.6 is 0 Å². The number of allylic oxidation sites excluding steroid dienone is 3. The van der Waals surface area contributed by atoms with Gasteiger partial charge in [-0.15, -0.1) is 0 Å². The quantitative estimate of drug-likeness (QED) is 0.127. The van der Waals surface area contributed by atoms with Crippen molar-refractivity contribution in [1.29, 1.82) is 0 Å². The zero-order valence-electron chi connectivity index (χ0n) is 19.6. The Morgan fingerprint density at radius 2 is 1.52 bits per heavy atom. The SMILES string of the molecule is CCC(=O)/C(C(=O)CCc1ccc(Oc2ccc(F)cc2)cc1C)=C(O)\C(CC)=C(\O)CC. The lowest BCUT2D eigenvalue weighted by Gasteiger charge is -2.13. The first kappa shape index (κ1) is 25.8. The maximum atomic E-state index is 13.1. The predicted octanol–water partition coefficient (Wildman–Crippen LogP) is 6.85. The fourth-order valence-corrected chi connectivity index (χ4v) is 3.49. The lowest BCUT2D eigenvalue weighted by Crippen LogP contribution is -2.17. The van der Waals surface area contributed by atoms with Crippen LogP contribution in [0.2, 0.25) is 0 Å². The molecule has 0 heterocycles. The molecule has 0 aliphatic rings. The molecule has 0 bridgehead atoms. The number of ether oxygens (including phenoxy) is 1. The van der Waals surface area contributed by atoms with Crippen molar-refractivity contribution in [3.05, 3.63) is 82.1 Å². The smallest absolute Gasteiger partial charge is 0.170 e. The number of hydrogen-bond acceptors (Lipinski definition) is 5. The molecule has 6 heteroatoms. The Kier molecular flexibility index (Phi) is 9.40. The van der Waals surface area contributed by atoms with Gasteiger partial charge in [-0.25, -0.2) is 4.39 Å². The highest BCUT2D eigenvalue weighted by molar-refractivity contribution is 6.20. The summed E-state index contributed by atoms with van der Waals surface area (Å²) < 4.78 is 18.8. The highest BCUT2D eigenvalue weighted by Crippen LogP contribution is 2.26. The van der Waals surface area contributed by atoms with Gasteiger partial charge < -0.3 is 14.9 Å². The molecule has 2 N–H and O–H groups in total. The third-order valence-electron chi connectivity index (χ3n) is 5.42. The summed E-state index contributed by atoms with van der Waals surface area (Å²) in [6.07, 6.45) is 1.08. The van der Waals surface area contributed by atoms with Crippen LogP contribution in [0.15, 0.2) is 65.1 Å². The Bertz CT molecular complexity index is 1060. The molecule has 2 rings (SSSR count). The van der Waals surface area contributed by atoms with E-state index in [1.807, 2.05) is 19.1 Å². The Balaban J connectivity index is 2.20. The third-order valence-corrected chi connectivity index (χ3v) is 5.42. The van der Waals surface area contributed by atoms with E-state index in [4.69, 9.17) is 4.74 Å². The standard InChI is InChI=1S/C27H31FO5/c1-5-22(23(29)6-2)27(32)26(24(30)7-3)25(31)15-9-18-8-12-21(16-17(18)4)33-20-13-10-19(28)11-14-20/h8,10-14,16,29,32H,5-7,9,15H2,1-4H3/b23-22+,27-26-. The van der Waals surface area contributed by atoms with Gasteiger partial charge >= 0.3 is 0 Å². The zero-order valence-corrected chi connectivity index (χ0v) is 19.6. The van der Waals surface area contributed by atoms with Gasteiger partial charge in [-0.05, 0) is 67.3 Å². The average molecular weight is 455 g/mol. The number of hydrogen-bond donors (Lipinski definition) is 2. The first-order valence-corrected chi connectivity index (χ1v) is 11.2. The average Bonchev–Trinajstić information content (AvgIpc) is 2.80. The summed E-state index contributed by atoms with van der Waals surface area (Å²) in [4.78, 5) is 25.4. The van der Waals surface area contributed by atoms with Crippen LogP contribution in [0.4, 0.5) is 4.39 Å². The lowest BCUT2D eigenvalue weighted by atomic mass is 9.93. The summed E-state index contributed by atoms with van der Waals surface area (Å²) in [5, 5.41) is 20.8. The van der Waals surface area contributed by atoms with E-state index in [2.05, 4.69) is 0 Å². The van der Waals surface area contributed by atoms with Crippen molar-refractivity contribution in [2.75, 3.05) is 0 Å². The van der Waals surface area contributed by atoms with Crippen LogP contribution in [-0.2, 0) is 16.0 Å². The molecule has 0 aliphatic carbocycles. The van der Waals surface area contributed by atoms with E-state index in [0.717, 1.165) is 11.1 Å². The Hall–Kier alpha value is -3.41. The van der Waals surface area contributed by atoms with Crippen molar-refractivity contribution in [3.63, 3.8) is 0 Å². The molecular formula is C27H31FO5. The van der Waals surface area contributed by atoms with Crippen LogP contribution in [0.5, 0.6) is 11.5 Å². The molecule has 2 aromatic rings. The van der Waals surface area contributed by atoms with Crippen molar-refractivity contribution in [3.8, 4) is 11.5 Å². The lowest BCUT2D eigenvalue weighted by molar-refractivity contribution is -0.121. The van der Waals surface area contributed by atoms with Gasteiger partial charge in [0.1, 0.15) is 28.6 Å². The van der Waals surface area contributed by atoms with Gasteiger partial charge in [0.05, 0.1) is 5.76 Å². The Labute approximate surface area is 194 Å². The number of benzene rings is 2. The Morgan fingerprint density at radius 3 is 2.06 bits per heavy atom. The molecular weight excluding hydrogens is 423 g/mol. The first-order chi connectivity index (χ1) is 15.7. The van der Waals surface area contributed by atoms with Crippen LogP contribution in [-0.4, -0.2) is 21.8 Å². The molecule has 5 nitrogen and oxygen atoms in total. The summed E-state index contributed by atoms with van der Waals surface area (Å²) in [5.74, 6) is -0.609. The van der Waals surface area contributed by atoms with Crippen LogP contribution in [0.1, 0.15) is 57.6 Å². The number of carbonyl (C=O) groups excluding carboxylic acids is 2. The maximum Gasteiger partial charge on any atom is 0.170 e. The van der Waals surface area contributed by atoms with E-state index in [1.54, 1.807) is 26.8 Å². The number of aryl methyl sites for hydroxylation is 2. The number of aliphatic hydroxyl groups excluding tert-OH is 2. The first-order valence-electron chi connectivity index (χ1n) is 11.2. The van der Waals surface area contributed by atoms with E-state index >= 15 is 0 Å². The number of ketones is 2. The fraction of sp³-hybridized carbons (Fsp3) is 0.333. The highest BCUT2D eigenvalue weighted by Gasteiger charge is 2.24.